The summed E-state index contributed by atoms with van der Waals surface area (Å²) in [6, 6.07) is 3.91. The van der Waals surface area contributed by atoms with Crippen molar-refractivity contribution in [3.05, 3.63) is 43.2 Å². The minimum absolute atomic E-state index is 0.0390. The largest absolute Gasteiger partial charge is 0.343 e. The molecule has 0 saturated heterocycles. The fourth-order valence-corrected chi connectivity index (χ4v) is 3.82. The molecular formula is C13H14Br2N2OS. The lowest BCUT2D eigenvalue weighted by Gasteiger charge is -2.17. The van der Waals surface area contributed by atoms with Gasteiger partial charge in [0.15, 0.2) is 0 Å². The maximum atomic E-state index is 12.4. The molecule has 2 aromatic heterocycles. The lowest BCUT2D eigenvalue weighted by Crippen LogP contribution is -2.27. The number of aryl methyl sites for hydroxylation is 1. The summed E-state index contributed by atoms with van der Waals surface area (Å²) in [7, 11) is 1.83. The van der Waals surface area contributed by atoms with E-state index >= 15 is 0 Å². The van der Waals surface area contributed by atoms with E-state index < -0.39 is 0 Å². The van der Waals surface area contributed by atoms with Crippen LogP contribution in [0.5, 0.6) is 0 Å². The smallest absolute Gasteiger partial charge is 0.270 e. The van der Waals surface area contributed by atoms with Crippen LogP contribution in [0.2, 0.25) is 0 Å². The summed E-state index contributed by atoms with van der Waals surface area (Å²) in [6.45, 7) is 3.44. The number of aromatic nitrogens is 1. The molecule has 3 nitrogen and oxygen atoms in total. The van der Waals surface area contributed by atoms with Crippen molar-refractivity contribution >= 4 is 49.1 Å². The SMILES string of the molecule is CCn1cc(Br)cc1C(=O)N(C)Cc1cc(Br)cs1. The zero-order chi connectivity index (χ0) is 14.0. The number of amides is 1. The van der Waals surface area contributed by atoms with Crippen LogP contribution in [0.25, 0.3) is 0 Å². The van der Waals surface area contributed by atoms with Crippen molar-refractivity contribution in [3.63, 3.8) is 0 Å². The Labute approximate surface area is 133 Å². The second-order valence-corrected chi connectivity index (χ2v) is 7.05. The van der Waals surface area contributed by atoms with Crippen molar-refractivity contribution in [2.45, 2.75) is 20.0 Å². The number of halogens is 2. The molecule has 0 N–H and O–H groups in total. The van der Waals surface area contributed by atoms with Crippen LogP contribution in [-0.4, -0.2) is 22.4 Å². The topological polar surface area (TPSA) is 25.2 Å². The Morgan fingerprint density at radius 1 is 1.37 bits per heavy atom. The molecule has 0 atom stereocenters. The fourth-order valence-electron chi connectivity index (χ4n) is 1.85. The second kappa shape index (κ2) is 6.24. The molecule has 0 radical (unpaired) electrons. The third-order valence-corrected chi connectivity index (χ3v) is 4.90. The van der Waals surface area contributed by atoms with Gasteiger partial charge in [-0.2, -0.15) is 0 Å². The van der Waals surface area contributed by atoms with Crippen molar-refractivity contribution in [3.8, 4) is 0 Å². The molecule has 19 heavy (non-hydrogen) atoms. The van der Waals surface area contributed by atoms with Crippen molar-refractivity contribution in [1.82, 2.24) is 9.47 Å². The average molecular weight is 406 g/mol. The molecule has 0 saturated carbocycles. The van der Waals surface area contributed by atoms with Gasteiger partial charge in [0.25, 0.3) is 5.91 Å². The molecule has 6 heteroatoms. The van der Waals surface area contributed by atoms with Crippen molar-refractivity contribution in [2.24, 2.45) is 0 Å². The first-order chi connectivity index (χ1) is 9.01. The fraction of sp³-hybridized carbons (Fsp3) is 0.308. The minimum atomic E-state index is 0.0390. The van der Waals surface area contributed by atoms with Crippen LogP contribution >= 0.6 is 43.2 Å². The summed E-state index contributed by atoms with van der Waals surface area (Å²) in [5, 5.41) is 2.03. The van der Waals surface area contributed by atoms with E-state index in [1.165, 1.54) is 0 Å². The van der Waals surface area contributed by atoms with Crippen LogP contribution in [0.3, 0.4) is 0 Å². The highest BCUT2D eigenvalue weighted by Gasteiger charge is 2.17. The summed E-state index contributed by atoms with van der Waals surface area (Å²) >= 11 is 8.49. The highest BCUT2D eigenvalue weighted by Crippen LogP contribution is 2.22. The Hall–Kier alpha value is -0.590. The average Bonchev–Trinajstić information content (AvgIpc) is 2.94. The van der Waals surface area contributed by atoms with E-state index in [0.29, 0.717) is 12.2 Å². The van der Waals surface area contributed by atoms with Gasteiger partial charge in [0.05, 0.1) is 6.54 Å². The molecule has 2 aromatic rings. The van der Waals surface area contributed by atoms with Gasteiger partial charge in [-0.1, -0.05) is 0 Å². The number of thiophene rings is 1. The first kappa shape index (κ1) is 14.8. The zero-order valence-corrected chi connectivity index (χ0v) is 14.7. The molecule has 0 unspecified atom stereocenters. The van der Waals surface area contributed by atoms with Crippen LogP contribution < -0.4 is 0 Å². The van der Waals surface area contributed by atoms with E-state index in [1.807, 2.05) is 42.2 Å². The Kier molecular flexibility index (Phi) is 4.86. The number of carbonyl (C=O) groups excluding carboxylic acids is 1. The van der Waals surface area contributed by atoms with Gasteiger partial charge in [-0.15, -0.1) is 11.3 Å². The molecule has 0 fully saturated rings. The predicted octanol–water partition coefficient (Wildman–Crippen LogP) is 4.37. The van der Waals surface area contributed by atoms with Gasteiger partial charge in [0, 0.05) is 39.0 Å². The molecule has 0 bridgehead atoms. The van der Waals surface area contributed by atoms with Crippen molar-refractivity contribution in [2.75, 3.05) is 7.05 Å². The van der Waals surface area contributed by atoms with E-state index in [0.717, 1.165) is 20.4 Å². The number of hydrogen-bond donors (Lipinski definition) is 0. The Morgan fingerprint density at radius 2 is 2.11 bits per heavy atom. The van der Waals surface area contributed by atoms with Gasteiger partial charge in [-0.05, 0) is 50.9 Å². The van der Waals surface area contributed by atoms with Gasteiger partial charge >= 0.3 is 0 Å². The molecule has 0 aliphatic carbocycles. The highest BCUT2D eigenvalue weighted by molar-refractivity contribution is 9.10. The van der Waals surface area contributed by atoms with Crippen LogP contribution in [0.15, 0.2) is 32.7 Å². The Balaban J connectivity index is 2.14. The molecule has 2 heterocycles. The summed E-state index contributed by atoms with van der Waals surface area (Å²) < 4.78 is 3.95. The van der Waals surface area contributed by atoms with E-state index in [9.17, 15) is 4.79 Å². The van der Waals surface area contributed by atoms with E-state index in [2.05, 4.69) is 31.9 Å². The Morgan fingerprint density at radius 3 is 2.68 bits per heavy atom. The summed E-state index contributed by atoms with van der Waals surface area (Å²) in [5.74, 6) is 0.0390. The third kappa shape index (κ3) is 3.49. The molecule has 0 spiro atoms. The van der Waals surface area contributed by atoms with Gasteiger partial charge in [-0.3, -0.25) is 4.79 Å². The van der Waals surface area contributed by atoms with E-state index in [-0.39, 0.29) is 5.91 Å². The molecule has 1 amide bonds. The van der Waals surface area contributed by atoms with Gasteiger partial charge in [0.2, 0.25) is 0 Å². The third-order valence-electron chi connectivity index (χ3n) is 2.78. The lowest BCUT2D eigenvalue weighted by molar-refractivity contribution is 0.0776. The van der Waals surface area contributed by atoms with Gasteiger partial charge < -0.3 is 9.47 Å². The van der Waals surface area contributed by atoms with Gasteiger partial charge in [-0.25, -0.2) is 0 Å². The number of nitrogens with zero attached hydrogens (tertiary/aromatic N) is 2. The zero-order valence-electron chi connectivity index (χ0n) is 10.7. The van der Waals surface area contributed by atoms with Crippen LogP contribution in [0, 0.1) is 0 Å². The lowest BCUT2D eigenvalue weighted by atomic mass is 10.3. The van der Waals surface area contributed by atoms with Crippen LogP contribution in [0.4, 0.5) is 0 Å². The van der Waals surface area contributed by atoms with E-state index in [4.69, 9.17) is 0 Å². The normalized spacial score (nSPS) is 10.7. The van der Waals surface area contributed by atoms with Crippen molar-refractivity contribution < 1.29 is 4.79 Å². The maximum absolute atomic E-state index is 12.4. The van der Waals surface area contributed by atoms with Crippen molar-refractivity contribution in [1.29, 1.82) is 0 Å². The quantitative estimate of drug-likeness (QED) is 0.741. The maximum Gasteiger partial charge on any atom is 0.270 e. The summed E-state index contributed by atoms with van der Waals surface area (Å²) in [6.07, 6.45) is 1.93. The summed E-state index contributed by atoms with van der Waals surface area (Å²) in [4.78, 5) is 15.3. The van der Waals surface area contributed by atoms with Crippen LogP contribution in [-0.2, 0) is 13.1 Å². The monoisotopic (exact) mass is 404 g/mol. The molecule has 0 aliphatic rings. The first-order valence-corrected chi connectivity index (χ1v) is 8.32. The van der Waals surface area contributed by atoms with Crippen LogP contribution in [0.1, 0.15) is 22.3 Å². The second-order valence-electron chi connectivity index (χ2n) is 4.22. The van der Waals surface area contributed by atoms with Gasteiger partial charge in [0.1, 0.15) is 5.69 Å². The molecule has 2 rings (SSSR count). The molecular weight excluding hydrogens is 392 g/mol. The molecule has 0 aliphatic heterocycles. The van der Waals surface area contributed by atoms with E-state index in [1.54, 1.807) is 16.2 Å². The minimum Gasteiger partial charge on any atom is -0.343 e. The number of carbonyl (C=O) groups is 1. The molecule has 0 aromatic carbocycles. The highest BCUT2D eigenvalue weighted by atomic mass is 79.9. The Bertz CT molecular complexity index is 591. The number of hydrogen-bond acceptors (Lipinski definition) is 2. The summed E-state index contributed by atoms with van der Waals surface area (Å²) in [5.41, 5.74) is 0.715. The standard InChI is InChI=1S/C13H14Br2N2OS/c1-3-17-6-9(14)5-12(17)13(18)16(2)7-11-4-10(15)8-19-11/h4-6,8H,3,7H2,1-2H3. The predicted molar refractivity (Wildman–Crippen MR) is 85.6 cm³/mol. The number of rotatable bonds is 4. The first-order valence-electron chi connectivity index (χ1n) is 5.85. The molecule has 102 valence electrons.